The molecule has 0 bridgehead atoms. The number of para-hydroxylation sites is 1. The lowest BCUT2D eigenvalue weighted by Gasteiger charge is -2.26. The van der Waals surface area contributed by atoms with Crippen molar-refractivity contribution < 1.29 is 14.3 Å². The molecule has 26 heavy (non-hydrogen) atoms. The number of ether oxygens (including phenoxy) is 1. The van der Waals surface area contributed by atoms with Gasteiger partial charge in [-0.2, -0.15) is 9.90 Å². The molecule has 0 atom stereocenters. The minimum atomic E-state index is -0.536. The molecule has 1 aliphatic heterocycles. The molecule has 0 aliphatic carbocycles. The fourth-order valence-electron chi connectivity index (χ4n) is 2.69. The van der Waals surface area contributed by atoms with E-state index in [1.807, 2.05) is 30.3 Å². The molecular weight excluding hydrogens is 334 g/mol. The van der Waals surface area contributed by atoms with Gasteiger partial charge in [0, 0.05) is 13.1 Å². The molecule has 1 aromatic heterocycles. The van der Waals surface area contributed by atoms with E-state index in [1.165, 1.54) is 14.8 Å². The van der Waals surface area contributed by atoms with Crippen LogP contribution in [0, 0.1) is 6.92 Å². The molecule has 1 aromatic carbocycles. The third-order valence-corrected chi connectivity index (χ3v) is 4.00. The van der Waals surface area contributed by atoms with Gasteiger partial charge >= 0.3 is 6.09 Å². The van der Waals surface area contributed by atoms with Crippen LogP contribution in [0.1, 0.15) is 29.0 Å². The van der Waals surface area contributed by atoms with E-state index in [0.717, 1.165) is 5.69 Å². The average Bonchev–Trinajstić information content (AvgIpc) is 3.29. The molecule has 1 aliphatic rings. The normalized spacial score (nSPS) is 13.7. The van der Waals surface area contributed by atoms with Crippen LogP contribution < -0.4 is 0 Å². The summed E-state index contributed by atoms with van der Waals surface area (Å²) in [6.07, 6.45) is 2.39. The third-order valence-electron chi connectivity index (χ3n) is 4.00. The number of carbonyl (C=O) groups excluding carboxylic acids is 2. The van der Waals surface area contributed by atoms with Crippen molar-refractivity contribution in [3.05, 3.63) is 54.4 Å². The molecule has 0 spiro atoms. The van der Waals surface area contributed by atoms with E-state index in [1.54, 1.807) is 13.0 Å². The zero-order chi connectivity index (χ0) is 18.5. The van der Waals surface area contributed by atoms with Crippen LogP contribution in [-0.4, -0.2) is 56.7 Å². The molecule has 0 saturated carbocycles. The van der Waals surface area contributed by atoms with E-state index in [0.29, 0.717) is 31.6 Å². The first-order valence-electron chi connectivity index (χ1n) is 8.48. The van der Waals surface area contributed by atoms with Gasteiger partial charge in [-0.1, -0.05) is 24.3 Å². The van der Waals surface area contributed by atoms with Gasteiger partial charge in [-0.25, -0.2) is 14.8 Å². The van der Waals surface area contributed by atoms with E-state index in [2.05, 4.69) is 16.8 Å². The summed E-state index contributed by atoms with van der Waals surface area (Å²) in [6.45, 7) is 6.43. The SMILES string of the molecule is C=CCCOC(=O)N1CCCN1C(=O)c1nn(-c2ccccc2)nc1C. The van der Waals surface area contributed by atoms with E-state index >= 15 is 0 Å². The highest BCUT2D eigenvalue weighted by Crippen LogP contribution is 2.17. The van der Waals surface area contributed by atoms with Gasteiger partial charge in [0.05, 0.1) is 18.0 Å². The van der Waals surface area contributed by atoms with Gasteiger partial charge in [0.25, 0.3) is 5.91 Å². The summed E-state index contributed by atoms with van der Waals surface area (Å²) in [6, 6.07) is 9.35. The molecule has 3 rings (SSSR count). The van der Waals surface area contributed by atoms with Crippen molar-refractivity contribution in [1.82, 2.24) is 25.0 Å². The fraction of sp³-hybridized carbons (Fsp3) is 0.333. The monoisotopic (exact) mass is 355 g/mol. The Morgan fingerprint density at radius 1 is 1.19 bits per heavy atom. The second kappa shape index (κ2) is 7.81. The van der Waals surface area contributed by atoms with E-state index < -0.39 is 6.09 Å². The number of amides is 2. The lowest BCUT2D eigenvalue weighted by molar-refractivity contribution is 0.0132. The lowest BCUT2D eigenvalue weighted by Crippen LogP contribution is -2.45. The maximum absolute atomic E-state index is 12.9. The molecule has 1 saturated heterocycles. The van der Waals surface area contributed by atoms with Crippen molar-refractivity contribution in [2.45, 2.75) is 19.8 Å². The van der Waals surface area contributed by atoms with Crippen LogP contribution >= 0.6 is 0 Å². The number of aromatic nitrogens is 3. The van der Waals surface area contributed by atoms with Crippen LogP contribution in [0.2, 0.25) is 0 Å². The smallest absolute Gasteiger partial charge is 0.428 e. The number of carbonyl (C=O) groups is 2. The molecule has 8 heteroatoms. The van der Waals surface area contributed by atoms with Gasteiger partial charge < -0.3 is 4.74 Å². The van der Waals surface area contributed by atoms with Crippen molar-refractivity contribution in [2.24, 2.45) is 0 Å². The maximum atomic E-state index is 12.9. The molecule has 0 N–H and O–H groups in total. The van der Waals surface area contributed by atoms with Gasteiger partial charge in [0.15, 0.2) is 5.69 Å². The predicted octanol–water partition coefficient (Wildman–Crippen LogP) is 2.35. The lowest BCUT2D eigenvalue weighted by atomic mass is 10.3. The molecule has 1 fully saturated rings. The highest BCUT2D eigenvalue weighted by atomic mass is 16.6. The van der Waals surface area contributed by atoms with Gasteiger partial charge in [-0.3, -0.25) is 4.79 Å². The summed E-state index contributed by atoms with van der Waals surface area (Å²) in [7, 11) is 0. The Balaban J connectivity index is 1.77. The van der Waals surface area contributed by atoms with E-state index in [9.17, 15) is 9.59 Å². The quantitative estimate of drug-likeness (QED) is 0.607. The van der Waals surface area contributed by atoms with Crippen LogP contribution in [0.3, 0.4) is 0 Å². The topological polar surface area (TPSA) is 80.6 Å². The average molecular weight is 355 g/mol. The first-order valence-corrected chi connectivity index (χ1v) is 8.48. The first kappa shape index (κ1) is 17.7. The standard InChI is InChI=1S/C18H21N5O3/c1-3-4-13-26-18(25)22-12-8-11-21(22)17(24)16-14(2)19-23(20-16)15-9-6-5-7-10-15/h3,5-7,9-10H,1,4,8,11-13H2,2H3. The summed E-state index contributed by atoms with van der Waals surface area (Å²) in [4.78, 5) is 26.5. The summed E-state index contributed by atoms with van der Waals surface area (Å²) in [5.41, 5.74) is 1.49. The van der Waals surface area contributed by atoms with Crippen molar-refractivity contribution in [1.29, 1.82) is 0 Å². The highest BCUT2D eigenvalue weighted by Gasteiger charge is 2.34. The van der Waals surface area contributed by atoms with Crippen molar-refractivity contribution in [3.63, 3.8) is 0 Å². The van der Waals surface area contributed by atoms with Gasteiger partial charge in [0.1, 0.15) is 0 Å². The maximum Gasteiger partial charge on any atom is 0.428 e. The van der Waals surface area contributed by atoms with Gasteiger partial charge in [-0.05, 0) is 31.9 Å². The molecule has 2 aromatic rings. The summed E-state index contributed by atoms with van der Waals surface area (Å²) in [5.74, 6) is -0.358. The predicted molar refractivity (Wildman–Crippen MR) is 94.6 cm³/mol. The Bertz CT molecular complexity index is 802. The molecular formula is C18H21N5O3. The largest absolute Gasteiger partial charge is 0.448 e. The number of aryl methyl sites for hydroxylation is 1. The Kier molecular flexibility index (Phi) is 5.31. The summed E-state index contributed by atoms with van der Waals surface area (Å²) >= 11 is 0. The molecule has 2 heterocycles. The van der Waals surface area contributed by atoms with Gasteiger partial charge in [-0.15, -0.1) is 11.7 Å². The second-order valence-electron chi connectivity index (χ2n) is 5.86. The van der Waals surface area contributed by atoms with Crippen LogP contribution in [0.25, 0.3) is 5.69 Å². The Morgan fingerprint density at radius 3 is 2.65 bits per heavy atom. The minimum Gasteiger partial charge on any atom is -0.448 e. The van der Waals surface area contributed by atoms with Gasteiger partial charge in [0.2, 0.25) is 0 Å². The zero-order valence-corrected chi connectivity index (χ0v) is 14.7. The van der Waals surface area contributed by atoms with Crippen LogP contribution in [0.4, 0.5) is 4.79 Å². The third kappa shape index (κ3) is 3.58. The van der Waals surface area contributed by atoms with E-state index in [-0.39, 0.29) is 18.2 Å². The summed E-state index contributed by atoms with van der Waals surface area (Å²) < 4.78 is 5.17. The molecule has 136 valence electrons. The van der Waals surface area contributed by atoms with Crippen molar-refractivity contribution >= 4 is 12.0 Å². The molecule has 0 radical (unpaired) electrons. The minimum absolute atomic E-state index is 0.222. The number of hydrazine groups is 1. The Morgan fingerprint density at radius 2 is 1.92 bits per heavy atom. The molecule has 0 unspecified atom stereocenters. The fourth-order valence-corrected chi connectivity index (χ4v) is 2.69. The number of hydrogen-bond donors (Lipinski definition) is 0. The number of benzene rings is 1. The molecule has 2 amide bonds. The Labute approximate surface area is 151 Å². The molecule has 8 nitrogen and oxygen atoms in total. The zero-order valence-electron chi connectivity index (χ0n) is 14.7. The number of hydrogen-bond acceptors (Lipinski definition) is 5. The number of nitrogens with zero attached hydrogens (tertiary/aromatic N) is 5. The first-order chi connectivity index (χ1) is 12.6. The number of rotatable bonds is 5. The van der Waals surface area contributed by atoms with Crippen LogP contribution in [0.5, 0.6) is 0 Å². The van der Waals surface area contributed by atoms with Crippen molar-refractivity contribution in [2.75, 3.05) is 19.7 Å². The van der Waals surface area contributed by atoms with Crippen LogP contribution in [0.15, 0.2) is 43.0 Å². The highest BCUT2D eigenvalue weighted by molar-refractivity contribution is 5.94. The van der Waals surface area contributed by atoms with Crippen molar-refractivity contribution in [3.8, 4) is 5.69 Å². The van der Waals surface area contributed by atoms with E-state index in [4.69, 9.17) is 4.74 Å². The second-order valence-corrected chi connectivity index (χ2v) is 5.86. The summed E-state index contributed by atoms with van der Waals surface area (Å²) in [5, 5.41) is 11.3. The Hall–Kier alpha value is -3.16. The van der Waals surface area contributed by atoms with Crippen LogP contribution in [-0.2, 0) is 4.74 Å².